The minimum atomic E-state index is -1.32. The topological polar surface area (TPSA) is 71.3 Å². The normalized spacial score (nSPS) is 16.8. The Hall–Kier alpha value is -1.80. The highest BCUT2D eigenvalue weighted by molar-refractivity contribution is 9.10. The lowest BCUT2D eigenvalue weighted by Gasteiger charge is -2.36. The highest BCUT2D eigenvalue weighted by atomic mass is 79.9. The number of aryl methyl sites for hydroxylation is 1. The highest BCUT2D eigenvalue weighted by Gasteiger charge is 2.36. The van der Waals surface area contributed by atoms with E-state index in [1.807, 2.05) is 19.1 Å². The molecule has 0 saturated carbocycles. The summed E-state index contributed by atoms with van der Waals surface area (Å²) in [4.78, 5) is 22.1. The molecule has 2 aromatic rings. The smallest absolute Gasteiger partial charge is 0.309 e. The first kappa shape index (κ1) is 18.0. The second-order valence-corrected chi connectivity index (χ2v) is 7.16. The largest absolute Gasteiger partial charge is 0.440 e. The Balaban J connectivity index is 1.47. The lowest BCUT2D eigenvalue weighted by atomic mass is 9.93. The van der Waals surface area contributed by atoms with Gasteiger partial charge in [0.25, 0.3) is 5.89 Å². The predicted octanol–water partition coefficient (Wildman–Crippen LogP) is 2.87. The van der Waals surface area contributed by atoms with Gasteiger partial charge in [0.2, 0.25) is 0 Å². The number of rotatable bonds is 5. The van der Waals surface area contributed by atoms with Gasteiger partial charge in [-0.1, -0.05) is 6.07 Å². The monoisotopic (exact) mass is 410 g/mol. The summed E-state index contributed by atoms with van der Waals surface area (Å²) < 4.78 is 20.5. The van der Waals surface area contributed by atoms with Gasteiger partial charge in [0, 0.05) is 45.2 Å². The Kier molecular flexibility index (Phi) is 5.48. The maximum absolute atomic E-state index is 14.9. The van der Waals surface area contributed by atoms with E-state index in [4.69, 9.17) is 4.42 Å². The van der Waals surface area contributed by atoms with Crippen LogP contribution in [0, 0.1) is 6.92 Å². The summed E-state index contributed by atoms with van der Waals surface area (Å²) in [6.45, 7) is 3.44. The zero-order chi connectivity index (χ0) is 17.9. The van der Waals surface area contributed by atoms with Crippen LogP contribution < -0.4 is 5.32 Å². The third-order valence-corrected chi connectivity index (χ3v) is 4.69. The second-order valence-electron chi connectivity index (χ2n) is 6.35. The predicted molar refractivity (Wildman–Crippen MR) is 93.9 cm³/mol. The van der Waals surface area contributed by atoms with Crippen LogP contribution in [-0.2, 0) is 6.54 Å². The Bertz CT molecular complexity index is 727. The molecular weight excluding hydrogens is 391 g/mol. The third kappa shape index (κ3) is 4.64. The number of pyridine rings is 1. The lowest BCUT2D eigenvalue weighted by Crippen LogP contribution is -2.48. The van der Waals surface area contributed by atoms with Gasteiger partial charge in [0.1, 0.15) is 16.5 Å². The van der Waals surface area contributed by atoms with Crippen LogP contribution in [0.2, 0.25) is 0 Å². The van der Waals surface area contributed by atoms with Crippen LogP contribution in [0.1, 0.15) is 34.8 Å². The summed E-state index contributed by atoms with van der Waals surface area (Å²) in [6, 6.07) is 3.92. The number of aromatic nitrogens is 2. The summed E-state index contributed by atoms with van der Waals surface area (Å²) >= 11 is 3.15. The third-order valence-electron chi connectivity index (χ3n) is 4.33. The molecule has 1 aliphatic heterocycles. The van der Waals surface area contributed by atoms with Crippen LogP contribution in [0.25, 0.3) is 0 Å². The summed E-state index contributed by atoms with van der Waals surface area (Å²) in [5, 5.41) is 3.13. The second kappa shape index (κ2) is 7.61. The number of hydrogen-bond donors (Lipinski definition) is 1. The van der Waals surface area contributed by atoms with Crippen LogP contribution >= 0.6 is 15.9 Å². The zero-order valence-corrected chi connectivity index (χ0v) is 15.6. The van der Waals surface area contributed by atoms with E-state index in [2.05, 4.69) is 31.2 Å². The van der Waals surface area contributed by atoms with Crippen molar-refractivity contribution in [3.8, 4) is 0 Å². The molecule has 0 bridgehead atoms. The van der Waals surface area contributed by atoms with Gasteiger partial charge < -0.3 is 14.6 Å². The molecule has 2 aromatic heterocycles. The molecule has 0 aliphatic carbocycles. The van der Waals surface area contributed by atoms with Crippen molar-refractivity contribution in [2.24, 2.45) is 0 Å². The lowest BCUT2D eigenvalue weighted by molar-refractivity contribution is 0.0406. The van der Waals surface area contributed by atoms with E-state index in [-0.39, 0.29) is 31.2 Å². The van der Waals surface area contributed by atoms with Crippen molar-refractivity contribution in [1.82, 2.24) is 20.2 Å². The van der Waals surface area contributed by atoms with Crippen molar-refractivity contribution in [2.75, 3.05) is 19.6 Å². The number of nitrogens with zero attached hydrogens (tertiary/aromatic N) is 3. The number of carbonyl (C=O) groups excluding carboxylic acids is 1. The molecule has 3 heterocycles. The first-order valence-corrected chi connectivity index (χ1v) is 8.96. The molecule has 1 aliphatic rings. The van der Waals surface area contributed by atoms with E-state index in [9.17, 15) is 9.18 Å². The number of likely N-dealkylation sites (tertiary alicyclic amines) is 1. The van der Waals surface area contributed by atoms with E-state index in [1.165, 1.54) is 6.26 Å². The molecule has 1 amide bonds. The van der Waals surface area contributed by atoms with Crippen LogP contribution in [0.4, 0.5) is 4.39 Å². The van der Waals surface area contributed by atoms with Crippen LogP contribution in [0.15, 0.2) is 33.6 Å². The van der Waals surface area contributed by atoms with Crippen LogP contribution in [0.3, 0.4) is 0 Å². The maximum Gasteiger partial charge on any atom is 0.309 e. The van der Waals surface area contributed by atoms with Gasteiger partial charge in [-0.05, 0) is 34.5 Å². The van der Waals surface area contributed by atoms with Gasteiger partial charge in [-0.15, -0.1) is 0 Å². The van der Waals surface area contributed by atoms with E-state index in [0.717, 1.165) is 11.3 Å². The molecule has 0 aromatic carbocycles. The minimum Gasteiger partial charge on any atom is -0.440 e. The fourth-order valence-electron chi connectivity index (χ4n) is 2.79. The number of nitrogens with one attached hydrogen (secondary N) is 1. The van der Waals surface area contributed by atoms with Gasteiger partial charge in [0.15, 0.2) is 0 Å². The minimum absolute atomic E-state index is 0.0294. The molecule has 134 valence electrons. The molecule has 0 spiro atoms. The van der Waals surface area contributed by atoms with E-state index in [1.54, 1.807) is 11.1 Å². The number of carbonyl (C=O) groups is 1. The molecule has 0 radical (unpaired) electrons. The summed E-state index contributed by atoms with van der Waals surface area (Å²) in [5.41, 5.74) is 0.663. The Morgan fingerprint density at radius 3 is 2.80 bits per heavy atom. The summed E-state index contributed by atoms with van der Waals surface area (Å²) in [6.07, 6.45) is 3.73. The average Bonchev–Trinajstić information content (AvgIpc) is 3.03. The number of hydrogen-bond acceptors (Lipinski definition) is 5. The first-order valence-electron chi connectivity index (χ1n) is 8.17. The number of alkyl halides is 1. The highest BCUT2D eigenvalue weighted by Crippen LogP contribution is 2.27. The summed E-state index contributed by atoms with van der Waals surface area (Å²) in [7, 11) is 0. The molecule has 3 rings (SSSR count). The van der Waals surface area contributed by atoms with E-state index >= 15 is 0 Å². The molecule has 8 heteroatoms. The zero-order valence-electron chi connectivity index (χ0n) is 14.0. The van der Waals surface area contributed by atoms with Gasteiger partial charge >= 0.3 is 5.91 Å². The van der Waals surface area contributed by atoms with Crippen molar-refractivity contribution in [2.45, 2.75) is 32.0 Å². The average molecular weight is 411 g/mol. The van der Waals surface area contributed by atoms with Gasteiger partial charge in [-0.25, -0.2) is 4.39 Å². The number of halogens is 2. The molecule has 1 saturated heterocycles. The van der Waals surface area contributed by atoms with Crippen molar-refractivity contribution in [3.63, 3.8) is 0 Å². The van der Waals surface area contributed by atoms with Crippen molar-refractivity contribution < 1.29 is 13.6 Å². The molecular formula is C17H20BrFN4O2. The Labute approximate surface area is 154 Å². The van der Waals surface area contributed by atoms with E-state index in [0.29, 0.717) is 24.2 Å². The molecule has 25 heavy (non-hydrogen) atoms. The van der Waals surface area contributed by atoms with Gasteiger partial charge in [0.05, 0.1) is 5.69 Å². The van der Waals surface area contributed by atoms with Crippen LogP contribution in [-0.4, -0.2) is 46.1 Å². The SMILES string of the molecule is Cc1ccc(CNCC2(F)CCN(C(=O)c3nc(Br)co3)CC2)nc1. The summed E-state index contributed by atoms with van der Waals surface area (Å²) in [5.74, 6) is -0.272. The van der Waals surface area contributed by atoms with Crippen molar-refractivity contribution in [1.29, 1.82) is 0 Å². The van der Waals surface area contributed by atoms with Crippen molar-refractivity contribution >= 4 is 21.8 Å². The Morgan fingerprint density at radius 1 is 1.44 bits per heavy atom. The Morgan fingerprint density at radius 2 is 2.20 bits per heavy atom. The number of oxazole rings is 1. The first-order chi connectivity index (χ1) is 12.0. The maximum atomic E-state index is 14.9. The quantitative estimate of drug-likeness (QED) is 0.820. The van der Waals surface area contributed by atoms with Gasteiger partial charge in [-0.3, -0.25) is 9.78 Å². The molecule has 0 atom stereocenters. The molecule has 0 unspecified atom stereocenters. The number of piperidine rings is 1. The van der Waals surface area contributed by atoms with Crippen LogP contribution in [0.5, 0.6) is 0 Å². The standard InChI is InChI=1S/C17H20BrFN4O2/c1-12-2-3-13(21-8-12)9-20-11-17(19)4-6-23(7-5-17)16(24)15-22-14(18)10-25-15/h2-3,8,10,20H,4-7,9,11H2,1H3. The van der Waals surface area contributed by atoms with E-state index < -0.39 is 5.67 Å². The van der Waals surface area contributed by atoms with Gasteiger partial charge in [-0.2, -0.15) is 4.98 Å². The fraction of sp³-hybridized carbons (Fsp3) is 0.471. The molecule has 1 N–H and O–H groups in total. The fourth-order valence-corrected chi connectivity index (χ4v) is 3.05. The molecule has 6 nitrogen and oxygen atoms in total. The molecule has 1 fully saturated rings. The van der Waals surface area contributed by atoms with Crippen molar-refractivity contribution in [3.05, 3.63) is 46.3 Å². The number of amides is 1.